The average Bonchev–Trinajstić information content (AvgIpc) is 3.16. The minimum absolute atomic E-state index is 0.179. The van der Waals surface area contributed by atoms with Crippen LogP contribution in [-0.4, -0.2) is 25.3 Å². The van der Waals surface area contributed by atoms with Gasteiger partial charge in [-0.2, -0.15) is 0 Å². The van der Waals surface area contributed by atoms with E-state index in [-0.39, 0.29) is 12.5 Å². The molecule has 0 fully saturated rings. The molecule has 1 N–H and O–H groups in total. The number of nitrogens with one attached hydrogen (secondary N) is 1. The van der Waals surface area contributed by atoms with Gasteiger partial charge in [0.1, 0.15) is 5.69 Å². The monoisotopic (exact) mass is 406 g/mol. The van der Waals surface area contributed by atoms with Gasteiger partial charge in [0.25, 0.3) is 5.91 Å². The first-order chi connectivity index (χ1) is 13.0. The van der Waals surface area contributed by atoms with Crippen molar-refractivity contribution in [3.05, 3.63) is 63.8 Å². The Hall–Kier alpha value is -2.70. The van der Waals surface area contributed by atoms with Crippen LogP contribution < -0.4 is 14.8 Å². The Bertz CT molecular complexity index is 972. The lowest BCUT2D eigenvalue weighted by atomic mass is 10.1. The summed E-state index contributed by atoms with van der Waals surface area (Å²) in [6.45, 7) is 0.179. The van der Waals surface area contributed by atoms with Gasteiger partial charge in [0.15, 0.2) is 17.3 Å². The molecule has 0 aliphatic rings. The number of amides is 1. The van der Waals surface area contributed by atoms with Gasteiger partial charge < -0.3 is 19.3 Å². The quantitative estimate of drug-likeness (QED) is 0.647. The summed E-state index contributed by atoms with van der Waals surface area (Å²) in [6.07, 6.45) is 0. The third-order valence-electron chi connectivity index (χ3n) is 3.83. The number of carbonyl (C=O) groups is 1. The van der Waals surface area contributed by atoms with E-state index >= 15 is 0 Å². The van der Waals surface area contributed by atoms with Gasteiger partial charge >= 0.3 is 0 Å². The molecular weight excluding hydrogens is 391 g/mol. The van der Waals surface area contributed by atoms with Gasteiger partial charge in [-0.05, 0) is 36.4 Å². The summed E-state index contributed by atoms with van der Waals surface area (Å²) in [7, 11) is 3.13. The molecule has 0 saturated carbocycles. The van der Waals surface area contributed by atoms with Crippen LogP contribution in [0.3, 0.4) is 0 Å². The fourth-order valence-electron chi connectivity index (χ4n) is 2.46. The van der Waals surface area contributed by atoms with Crippen LogP contribution in [0.15, 0.2) is 47.0 Å². The minimum atomic E-state index is -0.349. The Balaban J connectivity index is 1.71. The zero-order valence-electron chi connectivity index (χ0n) is 14.6. The normalized spacial score (nSPS) is 10.5. The zero-order chi connectivity index (χ0) is 19.4. The number of hydrogen-bond acceptors (Lipinski definition) is 5. The van der Waals surface area contributed by atoms with E-state index in [9.17, 15) is 4.79 Å². The topological polar surface area (TPSA) is 73.6 Å². The van der Waals surface area contributed by atoms with Crippen molar-refractivity contribution in [3.63, 3.8) is 0 Å². The third kappa shape index (κ3) is 4.35. The summed E-state index contributed by atoms with van der Waals surface area (Å²) in [4.78, 5) is 12.3. The standard InChI is InChI=1S/C19H16Cl2N2O4/c1-25-16-6-3-11(7-18(16)26-2)17-9-13(23-27-17)10-22-19(24)14-8-12(20)4-5-15(14)21/h3-9H,10H2,1-2H3,(H,22,24). The molecule has 0 radical (unpaired) electrons. The summed E-state index contributed by atoms with van der Waals surface area (Å²) in [6, 6.07) is 11.8. The number of rotatable bonds is 6. The second-order valence-electron chi connectivity index (χ2n) is 5.56. The molecule has 140 valence electrons. The molecule has 1 heterocycles. The number of aromatic nitrogens is 1. The van der Waals surface area contributed by atoms with E-state index < -0.39 is 0 Å². The summed E-state index contributed by atoms with van der Waals surface area (Å²) in [5.74, 6) is 1.39. The van der Waals surface area contributed by atoms with Crippen LogP contribution in [-0.2, 0) is 6.54 Å². The summed E-state index contributed by atoms with van der Waals surface area (Å²) in [5, 5.41) is 7.47. The fourth-order valence-corrected chi connectivity index (χ4v) is 2.83. The molecule has 0 bridgehead atoms. The molecule has 27 heavy (non-hydrogen) atoms. The van der Waals surface area contributed by atoms with E-state index in [0.29, 0.717) is 38.6 Å². The maximum atomic E-state index is 12.3. The Labute approximate surface area is 166 Å². The maximum Gasteiger partial charge on any atom is 0.253 e. The smallest absolute Gasteiger partial charge is 0.253 e. The van der Waals surface area contributed by atoms with E-state index in [4.69, 9.17) is 37.2 Å². The second kappa shape index (κ2) is 8.33. The molecule has 0 saturated heterocycles. The summed E-state index contributed by atoms with van der Waals surface area (Å²) >= 11 is 11.9. The Morgan fingerprint density at radius 1 is 1.07 bits per heavy atom. The molecule has 0 unspecified atom stereocenters. The maximum absolute atomic E-state index is 12.3. The first kappa shape index (κ1) is 19.1. The highest BCUT2D eigenvalue weighted by Crippen LogP contribution is 2.32. The molecule has 0 spiro atoms. The molecule has 3 rings (SSSR count). The van der Waals surface area contributed by atoms with E-state index in [2.05, 4.69) is 10.5 Å². The molecule has 8 heteroatoms. The van der Waals surface area contributed by atoms with Crippen molar-refractivity contribution in [1.82, 2.24) is 10.5 Å². The number of hydrogen-bond donors (Lipinski definition) is 1. The summed E-state index contributed by atoms with van der Waals surface area (Å²) in [5.41, 5.74) is 1.63. The predicted molar refractivity (Wildman–Crippen MR) is 103 cm³/mol. The van der Waals surface area contributed by atoms with Crippen LogP contribution in [0.1, 0.15) is 16.1 Å². The number of carbonyl (C=O) groups excluding carboxylic acids is 1. The minimum Gasteiger partial charge on any atom is -0.493 e. The van der Waals surface area contributed by atoms with Crippen molar-refractivity contribution < 1.29 is 18.8 Å². The number of benzene rings is 2. The van der Waals surface area contributed by atoms with Crippen molar-refractivity contribution >= 4 is 29.1 Å². The van der Waals surface area contributed by atoms with E-state index in [1.165, 1.54) is 6.07 Å². The Kier molecular flexibility index (Phi) is 5.88. The highest BCUT2D eigenvalue weighted by atomic mass is 35.5. The van der Waals surface area contributed by atoms with Gasteiger partial charge in [-0.25, -0.2) is 0 Å². The van der Waals surface area contributed by atoms with Crippen LogP contribution in [0, 0.1) is 0 Å². The van der Waals surface area contributed by atoms with Crippen molar-refractivity contribution in [2.45, 2.75) is 6.54 Å². The van der Waals surface area contributed by atoms with Crippen molar-refractivity contribution in [3.8, 4) is 22.8 Å². The van der Waals surface area contributed by atoms with Gasteiger partial charge in [-0.1, -0.05) is 28.4 Å². The van der Waals surface area contributed by atoms with E-state index in [1.807, 2.05) is 6.07 Å². The highest BCUT2D eigenvalue weighted by Gasteiger charge is 2.14. The molecule has 0 aliphatic heterocycles. The van der Waals surface area contributed by atoms with Gasteiger partial charge in [0.05, 0.1) is 31.4 Å². The predicted octanol–water partition coefficient (Wildman–Crippen LogP) is 4.60. The summed E-state index contributed by atoms with van der Waals surface area (Å²) < 4.78 is 15.9. The van der Waals surface area contributed by atoms with Crippen LogP contribution >= 0.6 is 23.2 Å². The Morgan fingerprint density at radius 2 is 1.85 bits per heavy atom. The van der Waals surface area contributed by atoms with Crippen molar-refractivity contribution in [2.24, 2.45) is 0 Å². The lowest BCUT2D eigenvalue weighted by Gasteiger charge is -2.07. The van der Waals surface area contributed by atoms with Crippen molar-refractivity contribution in [1.29, 1.82) is 0 Å². The molecule has 0 aliphatic carbocycles. The van der Waals surface area contributed by atoms with Crippen LogP contribution in [0.2, 0.25) is 10.0 Å². The number of halogens is 2. The average molecular weight is 407 g/mol. The Morgan fingerprint density at radius 3 is 2.59 bits per heavy atom. The second-order valence-corrected chi connectivity index (χ2v) is 6.40. The molecule has 3 aromatic rings. The molecule has 1 amide bonds. The first-order valence-electron chi connectivity index (χ1n) is 7.93. The van der Waals surface area contributed by atoms with E-state index in [0.717, 1.165) is 5.56 Å². The lowest BCUT2D eigenvalue weighted by Crippen LogP contribution is -2.23. The third-order valence-corrected chi connectivity index (χ3v) is 4.39. The van der Waals surface area contributed by atoms with Gasteiger partial charge in [-0.15, -0.1) is 0 Å². The van der Waals surface area contributed by atoms with E-state index in [1.54, 1.807) is 44.6 Å². The SMILES string of the molecule is COc1ccc(-c2cc(CNC(=O)c3cc(Cl)ccc3Cl)no2)cc1OC. The highest BCUT2D eigenvalue weighted by molar-refractivity contribution is 6.35. The zero-order valence-corrected chi connectivity index (χ0v) is 16.1. The van der Waals surface area contributed by atoms with Gasteiger partial charge in [0, 0.05) is 16.7 Å². The fraction of sp³-hybridized carbons (Fsp3) is 0.158. The van der Waals surface area contributed by atoms with Crippen LogP contribution in [0.25, 0.3) is 11.3 Å². The van der Waals surface area contributed by atoms with Crippen molar-refractivity contribution in [2.75, 3.05) is 14.2 Å². The molecule has 0 atom stereocenters. The number of ether oxygens (including phenoxy) is 2. The van der Waals surface area contributed by atoms with Gasteiger partial charge in [-0.3, -0.25) is 4.79 Å². The molecule has 2 aromatic carbocycles. The largest absolute Gasteiger partial charge is 0.493 e. The number of methoxy groups -OCH3 is 2. The first-order valence-corrected chi connectivity index (χ1v) is 8.68. The lowest BCUT2D eigenvalue weighted by molar-refractivity contribution is 0.0950. The number of nitrogens with zero attached hydrogens (tertiary/aromatic N) is 1. The van der Waals surface area contributed by atoms with Gasteiger partial charge in [0.2, 0.25) is 0 Å². The van der Waals surface area contributed by atoms with Crippen LogP contribution in [0.5, 0.6) is 11.5 Å². The van der Waals surface area contributed by atoms with Crippen LogP contribution in [0.4, 0.5) is 0 Å². The molecule has 6 nitrogen and oxygen atoms in total. The molecular formula is C19H16Cl2N2O4. The molecule has 1 aromatic heterocycles.